The van der Waals surface area contributed by atoms with E-state index < -0.39 is 5.82 Å². The molecule has 1 heterocycles. The summed E-state index contributed by atoms with van der Waals surface area (Å²) in [5.41, 5.74) is 0.190. The minimum Gasteiger partial charge on any atom is -0.378 e. The van der Waals surface area contributed by atoms with Crippen molar-refractivity contribution in [2.75, 3.05) is 11.9 Å². The Hall–Kier alpha value is -0.940. The Morgan fingerprint density at radius 1 is 1.59 bits per heavy atom. The standard InChI is InChI=1S/C12H13BrFNO2/c13-9-4-1-5-10(14)12(9)15-11(16)7-8-3-2-6-17-8/h1,4-5,8H,2-3,6-7H2,(H,15,16)/t8-/m0/s1. The van der Waals surface area contributed by atoms with Crippen molar-refractivity contribution >= 4 is 27.5 Å². The van der Waals surface area contributed by atoms with Gasteiger partial charge < -0.3 is 10.1 Å². The quantitative estimate of drug-likeness (QED) is 0.932. The predicted molar refractivity (Wildman–Crippen MR) is 66.3 cm³/mol. The second kappa shape index (κ2) is 5.60. The summed E-state index contributed by atoms with van der Waals surface area (Å²) in [6.07, 6.45) is 2.13. The number of nitrogens with one attached hydrogen (secondary N) is 1. The van der Waals surface area contributed by atoms with Crippen molar-refractivity contribution in [1.82, 2.24) is 0 Å². The second-order valence-electron chi connectivity index (χ2n) is 3.98. The Morgan fingerprint density at radius 3 is 3.06 bits per heavy atom. The maximum atomic E-state index is 13.4. The van der Waals surface area contributed by atoms with E-state index in [-0.39, 0.29) is 24.1 Å². The molecule has 5 heteroatoms. The summed E-state index contributed by atoms with van der Waals surface area (Å²) >= 11 is 3.20. The van der Waals surface area contributed by atoms with Crippen molar-refractivity contribution in [3.63, 3.8) is 0 Å². The summed E-state index contributed by atoms with van der Waals surface area (Å²) in [7, 11) is 0. The summed E-state index contributed by atoms with van der Waals surface area (Å²) < 4.78 is 19.3. The number of rotatable bonds is 3. The number of amides is 1. The number of carbonyl (C=O) groups is 1. The summed E-state index contributed by atoms with van der Waals surface area (Å²) in [6.45, 7) is 0.710. The average molecular weight is 302 g/mol. The van der Waals surface area contributed by atoms with Crippen LogP contribution in [0, 0.1) is 5.82 Å². The van der Waals surface area contributed by atoms with Crippen LogP contribution < -0.4 is 5.32 Å². The first-order valence-corrected chi connectivity index (χ1v) is 6.31. The molecule has 1 aliphatic rings. The van der Waals surface area contributed by atoms with E-state index in [1.165, 1.54) is 6.07 Å². The second-order valence-corrected chi connectivity index (χ2v) is 4.84. The molecule has 3 nitrogen and oxygen atoms in total. The van der Waals surface area contributed by atoms with Gasteiger partial charge in [0.05, 0.1) is 18.2 Å². The Balaban J connectivity index is 1.97. The van der Waals surface area contributed by atoms with E-state index in [1.54, 1.807) is 12.1 Å². The molecule has 1 saturated heterocycles. The van der Waals surface area contributed by atoms with Crippen LogP contribution in [-0.4, -0.2) is 18.6 Å². The molecule has 1 aromatic carbocycles. The molecule has 1 amide bonds. The molecule has 0 bridgehead atoms. The zero-order valence-electron chi connectivity index (χ0n) is 9.21. The van der Waals surface area contributed by atoms with Gasteiger partial charge in [-0.3, -0.25) is 4.79 Å². The van der Waals surface area contributed by atoms with Gasteiger partial charge in [-0.25, -0.2) is 4.39 Å². The number of benzene rings is 1. The molecule has 1 aromatic rings. The summed E-state index contributed by atoms with van der Waals surface area (Å²) in [4.78, 5) is 11.7. The lowest BCUT2D eigenvalue weighted by Gasteiger charge is -2.11. The number of para-hydroxylation sites is 1. The Bertz CT molecular complexity index is 399. The number of hydrogen-bond acceptors (Lipinski definition) is 2. The fourth-order valence-electron chi connectivity index (χ4n) is 1.82. The lowest BCUT2D eigenvalue weighted by Crippen LogP contribution is -2.20. The van der Waals surface area contributed by atoms with E-state index in [4.69, 9.17) is 4.74 Å². The largest absolute Gasteiger partial charge is 0.378 e. The summed E-state index contributed by atoms with van der Waals surface area (Å²) in [5.74, 6) is -0.664. The van der Waals surface area contributed by atoms with Crippen LogP contribution in [-0.2, 0) is 9.53 Å². The predicted octanol–water partition coefficient (Wildman–Crippen LogP) is 3.10. The number of carbonyl (C=O) groups excluding carboxylic acids is 1. The highest BCUT2D eigenvalue weighted by Gasteiger charge is 2.20. The molecule has 1 fully saturated rings. The fraction of sp³-hybridized carbons (Fsp3) is 0.417. The van der Waals surface area contributed by atoms with E-state index >= 15 is 0 Å². The van der Waals surface area contributed by atoms with Gasteiger partial charge in [0.1, 0.15) is 5.82 Å². The molecule has 17 heavy (non-hydrogen) atoms. The van der Waals surface area contributed by atoms with Gasteiger partial charge in [0, 0.05) is 11.1 Å². The molecule has 0 aliphatic carbocycles. The summed E-state index contributed by atoms with van der Waals surface area (Å²) in [5, 5.41) is 2.56. The van der Waals surface area contributed by atoms with Crippen molar-refractivity contribution in [3.05, 3.63) is 28.5 Å². The van der Waals surface area contributed by atoms with E-state index in [0.29, 0.717) is 11.1 Å². The van der Waals surface area contributed by atoms with Crippen molar-refractivity contribution in [1.29, 1.82) is 0 Å². The maximum absolute atomic E-state index is 13.4. The van der Waals surface area contributed by atoms with Crippen LogP contribution in [0.5, 0.6) is 0 Å². The molecule has 0 unspecified atom stereocenters. The van der Waals surface area contributed by atoms with E-state index in [2.05, 4.69) is 21.2 Å². The fourth-order valence-corrected chi connectivity index (χ4v) is 2.26. The molecule has 92 valence electrons. The molecular formula is C12H13BrFNO2. The number of hydrogen-bond donors (Lipinski definition) is 1. The van der Waals surface area contributed by atoms with Gasteiger partial charge in [0.25, 0.3) is 0 Å². The van der Waals surface area contributed by atoms with Gasteiger partial charge in [-0.05, 0) is 40.9 Å². The van der Waals surface area contributed by atoms with Crippen molar-refractivity contribution in [2.45, 2.75) is 25.4 Å². The molecule has 1 atom stereocenters. The van der Waals surface area contributed by atoms with Gasteiger partial charge in [0.15, 0.2) is 0 Å². The van der Waals surface area contributed by atoms with Gasteiger partial charge in [-0.1, -0.05) is 6.07 Å². The first-order valence-electron chi connectivity index (χ1n) is 5.52. The van der Waals surface area contributed by atoms with Gasteiger partial charge in [0.2, 0.25) is 5.91 Å². The third-order valence-electron chi connectivity index (χ3n) is 2.66. The monoisotopic (exact) mass is 301 g/mol. The smallest absolute Gasteiger partial charge is 0.227 e. The molecule has 1 N–H and O–H groups in total. The van der Waals surface area contributed by atoms with Crippen LogP contribution in [0.2, 0.25) is 0 Å². The molecular weight excluding hydrogens is 289 g/mol. The SMILES string of the molecule is O=C(C[C@@H]1CCCO1)Nc1c(F)cccc1Br. The van der Waals surface area contributed by atoms with Crippen LogP contribution in [0.1, 0.15) is 19.3 Å². The lowest BCUT2D eigenvalue weighted by molar-refractivity contribution is -0.118. The topological polar surface area (TPSA) is 38.3 Å². The third kappa shape index (κ3) is 3.26. The first kappa shape index (κ1) is 12.5. The van der Waals surface area contributed by atoms with Crippen LogP contribution in [0.15, 0.2) is 22.7 Å². The van der Waals surface area contributed by atoms with Crippen LogP contribution >= 0.6 is 15.9 Å². The van der Waals surface area contributed by atoms with E-state index in [0.717, 1.165) is 12.8 Å². The van der Waals surface area contributed by atoms with Crippen molar-refractivity contribution < 1.29 is 13.9 Å². The number of halogens is 2. The molecule has 0 aromatic heterocycles. The van der Waals surface area contributed by atoms with Gasteiger partial charge in [-0.2, -0.15) is 0 Å². The molecule has 1 aliphatic heterocycles. The van der Waals surface area contributed by atoms with Crippen LogP contribution in [0.25, 0.3) is 0 Å². The van der Waals surface area contributed by atoms with Crippen molar-refractivity contribution in [2.24, 2.45) is 0 Å². The zero-order valence-corrected chi connectivity index (χ0v) is 10.8. The molecule has 0 spiro atoms. The molecule has 0 radical (unpaired) electrons. The van der Waals surface area contributed by atoms with E-state index in [1.807, 2.05) is 0 Å². The lowest BCUT2D eigenvalue weighted by atomic mass is 10.2. The summed E-state index contributed by atoms with van der Waals surface area (Å²) in [6, 6.07) is 4.58. The van der Waals surface area contributed by atoms with Gasteiger partial charge >= 0.3 is 0 Å². The Kier molecular flexibility index (Phi) is 4.12. The number of ether oxygens (including phenoxy) is 1. The van der Waals surface area contributed by atoms with Crippen LogP contribution in [0.3, 0.4) is 0 Å². The molecule has 0 saturated carbocycles. The average Bonchev–Trinajstić information content (AvgIpc) is 2.76. The van der Waals surface area contributed by atoms with Crippen LogP contribution in [0.4, 0.5) is 10.1 Å². The highest BCUT2D eigenvalue weighted by atomic mass is 79.9. The Labute approximate surface area is 107 Å². The highest BCUT2D eigenvalue weighted by molar-refractivity contribution is 9.10. The maximum Gasteiger partial charge on any atom is 0.227 e. The minimum absolute atomic E-state index is 0.0273. The van der Waals surface area contributed by atoms with Gasteiger partial charge in [-0.15, -0.1) is 0 Å². The minimum atomic E-state index is -0.444. The third-order valence-corrected chi connectivity index (χ3v) is 3.33. The number of anilines is 1. The normalized spacial score (nSPS) is 19.3. The first-order chi connectivity index (χ1) is 8.16. The van der Waals surface area contributed by atoms with E-state index in [9.17, 15) is 9.18 Å². The zero-order chi connectivity index (χ0) is 12.3. The highest BCUT2D eigenvalue weighted by Crippen LogP contribution is 2.25. The Morgan fingerprint density at radius 2 is 2.41 bits per heavy atom. The molecule has 2 rings (SSSR count). The van der Waals surface area contributed by atoms with Crippen molar-refractivity contribution in [3.8, 4) is 0 Å².